The quantitative estimate of drug-likeness (QED) is 0.701. The van der Waals surface area contributed by atoms with Gasteiger partial charge in [0, 0.05) is 13.1 Å². The number of nitrogens with zero attached hydrogens (tertiary/aromatic N) is 2. The molecule has 1 aliphatic heterocycles. The Labute approximate surface area is 95.5 Å². The Bertz CT molecular complexity index is 420. The number of hydrogen-bond acceptors (Lipinski definition) is 5. The molecule has 2 heterocycles. The highest BCUT2D eigenvalue weighted by Gasteiger charge is 2.21. The van der Waals surface area contributed by atoms with E-state index in [1.807, 2.05) is 0 Å². The zero-order valence-corrected chi connectivity index (χ0v) is 9.51. The van der Waals surface area contributed by atoms with Crippen LogP contribution in [-0.4, -0.2) is 46.9 Å². The largest absolute Gasteiger partial charge is 0.493 e. The minimum atomic E-state index is -0.276. The molecule has 7 heteroatoms. The average molecular weight is 246 g/mol. The second-order valence-corrected chi connectivity index (χ2v) is 4.58. The molecule has 2 rings (SSSR count). The second-order valence-electron chi connectivity index (χ2n) is 3.08. The lowest BCUT2D eigenvalue weighted by atomic mass is 10.4. The summed E-state index contributed by atoms with van der Waals surface area (Å²) in [6.45, 7) is 2.14. The summed E-state index contributed by atoms with van der Waals surface area (Å²) in [5.41, 5.74) is 0. The Hall–Kier alpha value is -0.920. The van der Waals surface area contributed by atoms with Crippen molar-refractivity contribution in [2.75, 3.05) is 26.3 Å². The molecule has 1 N–H and O–H groups in total. The molecule has 0 bridgehead atoms. The van der Waals surface area contributed by atoms with E-state index in [0.29, 0.717) is 30.3 Å². The van der Waals surface area contributed by atoms with E-state index in [-0.39, 0.29) is 11.9 Å². The Morgan fingerprint density at radius 3 is 2.73 bits per heavy atom. The second kappa shape index (κ2) is 4.30. The minimum absolute atomic E-state index is 0.0958. The molecule has 5 nitrogen and oxygen atoms in total. The number of aromatic hydroxyl groups is 1. The van der Waals surface area contributed by atoms with Gasteiger partial charge in [-0.25, -0.2) is 9.36 Å². The highest BCUT2D eigenvalue weighted by molar-refractivity contribution is 7.73. The van der Waals surface area contributed by atoms with Crippen molar-refractivity contribution in [3.8, 4) is 5.88 Å². The Morgan fingerprint density at radius 2 is 2.20 bits per heavy atom. The first-order valence-corrected chi connectivity index (χ1v) is 5.75. The van der Waals surface area contributed by atoms with Gasteiger partial charge in [-0.3, -0.25) is 0 Å². The van der Waals surface area contributed by atoms with E-state index in [1.54, 1.807) is 4.90 Å². The summed E-state index contributed by atoms with van der Waals surface area (Å²) in [5, 5.41) is 10.9. The van der Waals surface area contributed by atoms with Crippen LogP contribution in [0.4, 0.5) is 4.79 Å². The fourth-order valence-corrected chi connectivity index (χ4v) is 2.28. The van der Waals surface area contributed by atoms with Crippen LogP contribution in [0, 0.1) is 3.95 Å². The first-order valence-electron chi connectivity index (χ1n) is 4.46. The molecule has 0 saturated carbocycles. The van der Waals surface area contributed by atoms with Crippen LogP contribution in [0.25, 0.3) is 0 Å². The lowest BCUT2D eigenvalue weighted by Crippen LogP contribution is -2.42. The van der Waals surface area contributed by atoms with Gasteiger partial charge in [0.1, 0.15) is 0 Å². The maximum atomic E-state index is 11.9. The van der Waals surface area contributed by atoms with Gasteiger partial charge in [-0.05, 0) is 12.2 Å². The number of carbonyl (C=O) groups is 1. The average Bonchev–Trinajstić information content (AvgIpc) is 2.59. The molecule has 0 atom stereocenters. The van der Waals surface area contributed by atoms with E-state index < -0.39 is 0 Å². The monoisotopic (exact) mass is 246 g/mol. The van der Waals surface area contributed by atoms with Gasteiger partial charge in [0.15, 0.2) is 3.95 Å². The first kappa shape index (κ1) is 10.6. The highest BCUT2D eigenvalue weighted by Crippen LogP contribution is 2.18. The number of carbonyl (C=O) groups excluding carboxylic acids is 1. The van der Waals surface area contributed by atoms with Crippen molar-refractivity contribution in [1.82, 2.24) is 9.47 Å². The topological polar surface area (TPSA) is 54.7 Å². The fourth-order valence-electron chi connectivity index (χ4n) is 1.37. The number of thiazole rings is 1. The van der Waals surface area contributed by atoms with E-state index in [0.717, 1.165) is 4.57 Å². The maximum Gasteiger partial charge on any atom is 0.332 e. The third-order valence-electron chi connectivity index (χ3n) is 2.15. The smallest absolute Gasteiger partial charge is 0.332 e. The summed E-state index contributed by atoms with van der Waals surface area (Å²) in [7, 11) is 0. The van der Waals surface area contributed by atoms with Gasteiger partial charge in [0.25, 0.3) is 0 Å². The zero-order valence-electron chi connectivity index (χ0n) is 7.88. The third kappa shape index (κ3) is 2.04. The van der Waals surface area contributed by atoms with Crippen LogP contribution >= 0.6 is 23.6 Å². The van der Waals surface area contributed by atoms with E-state index in [4.69, 9.17) is 17.0 Å². The molecule has 0 radical (unpaired) electrons. The van der Waals surface area contributed by atoms with Crippen LogP contribution < -0.4 is 0 Å². The van der Waals surface area contributed by atoms with Crippen molar-refractivity contribution in [2.45, 2.75) is 0 Å². The number of morpholine rings is 1. The summed E-state index contributed by atoms with van der Waals surface area (Å²) in [4.78, 5) is 13.5. The van der Waals surface area contributed by atoms with Crippen molar-refractivity contribution in [2.24, 2.45) is 0 Å². The number of amides is 1. The normalized spacial score (nSPS) is 16.7. The van der Waals surface area contributed by atoms with Crippen molar-refractivity contribution in [3.05, 3.63) is 9.33 Å². The van der Waals surface area contributed by atoms with Crippen LogP contribution in [0.15, 0.2) is 5.38 Å². The standard InChI is InChI=1S/C8H10N2O3S2/c11-6-5-15-8(14)10(6)7(12)9-1-3-13-4-2-9/h5,11H,1-4H2. The molecule has 1 aromatic heterocycles. The summed E-state index contributed by atoms with van der Waals surface area (Å²) < 4.78 is 6.65. The van der Waals surface area contributed by atoms with Gasteiger partial charge in [-0.1, -0.05) is 0 Å². The number of rotatable bonds is 0. The van der Waals surface area contributed by atoms with Crippen molar-refractivity contribution >= 4 is 29.6 Å². The van der Waals surface area contributed by atoms with Crippen molar-refractivity contribution < 1.29 is 14.6 Å². The molecule has 1 aliphatic rings. The SMILES string of the molecule is O=C(N1CCOCC1)n1c(O)csc1=S. The van der Waals surface area contributed by atoms with Gasteiger partial charge in [-0.2, -0.15) is 0 Å². The highest BCUT2D eigenvalue weighted by atomic mass is 32.1. The molecule has 15 heavy (non-hydrogen) atoms. The molecule has 0 aromatic carbocycles. The van der Waals surface area contributed by atoms with Gasteiger partial charge in [-0.15, -0.1) is 11.3 Å². The van der Waals surface area contributed by atoms with Gasteiger partial charge >= 0.3 is 6.03 Å². The molecular formula is C8H10N2O3S2. The number of hydrogen-bond donors (Lipinski definition) is 1. The van der Waals surface area contributed by atoms with E-state index in [1.165, 1.54) is 16.7 Å². The predicted molar refractivity (Wildman–Crippen MR) is 58.0 cm³/mol. The van der Waals surface area contributed by atoms with E-state index in [9.17, 15) is 9.90 Å². The van der Waals surface area contributed by atoms with E-state index >= 15 is 0 Å². The maximum absolute atomic E-state index is 11.9. The van der Waals surface area contributed by atoms with Gasteiger partial charge in [0.2, 0.25) is 5.88 Å². The Morgan fingerprint density at radius 1 is 1.53 bits per heavy atom. The molecule has 1 fully saturated rings. The molecule has 82 valence electrons. The number of ether oxygens (including phenoxy) is 1. The predicted octanol–water partition coefficient (Wildman–Crippen LogP) is 1.28. The summed E-state index contributed by atoms with van der Waals surface area (Å²) in [6, 6.07) is -0.276. The van der Waals surface area contributed by atoms with Crippen molar-refractivity contribution in [3.63, 3.8) is 0 Å². The van der Waals surface area contributed by atoms with Crippen LogP contribution in [0.3, 0.4) is 0 Å². The molecule has 1 amide bonds. The molecule has 1 saturated heterocycles. The number of aromatic nitrogens is 1. The molecule has 0 aliphatic carbocycles. The van der Waals surface area contributed by atoms with Crippen LogP contribution in [0.1, 0.15) is 0 Å². The summed E-state index contributed by atoms with van der Waals surface area (Å²) >= 11 is 6.13. The van der Waals surface area contributed by atoms with Crippen molar-refractivity contribution in [1.29, 1.82) is 0 Å². The fraction of sp³-hybridized carbons (Fsp3) is 0.500. The van der Waals surface area contributed by atoms with Gasteiger partial charge in [0.05, 0.1) is 18.6 Å². The molecule has 1 aromatic rings. The molecular weight excluding hydrogens is 236 g/mol. The molecule has 0 unspecified atom stereocenters. The lowest BCUT2D eigenvalue weighted by Gasteiger charge is -2.26. The minimum Gasteiger partial charge on any atom is -0.493 e. The zero-order chi connectivity index (χ0) is 10.8. The van der Waals surface area contributed by atoms with Crippen LogP contribution in [-0.2, 0) is 4.74 Å². The first-order chi connectivity index (χ1) is 7.20. The van der Waals surface area contributed by atoms with E-state index in [2.05, 4.69) is 0 Å². The van der Waals surface area contributed by atoms with Crippen LogP contribution in [0.5, 0.6) is 5.88 Å². The lowest BCUT2D eigenvalue weighted by molar-refractivity contribution is 0.0531. The Balaban J connectivity index is 2.23. The summed E-state index contributed by atoms with van der Waals surface area (Å²) in [6.07, 6.45) is 0. The Kier molecular flexibility index (Phi) is 3.03. The summed E-state index contributed by atoms with van der Waals surface area (Å²) in [5.74, 6) is -0.0958. The molecule has 0 spiro atoms. The van der Waals surface area contributed by atoms with Gasteiger partial charge < -0.3 is 14.7 Å². The van der Waals surface area contributed by atoms with Crippen LogP contribution in [0.2, 0.25) is 0 Å². The third-order valence-corrected chi connectivity index (χ3v) is 3.33.